The van der Waals surface area contributed by atoms with Crippen molar-refractivity contribution >= 4 is 22.6 Å². The van der Waals surface area contributed by atoms with Crippen molar-refractivity contribution in [2.75, 3.05) is 0 Å². The van der Waals surface area contributed by atoms with Crippen molar-refractivity contribution in [1.29, 1.82) is 0 Å². The van der Waals surface area contributed by atoms with E-state index in [1.165, 1.54) is 0 Å². The van der Waals surface area contributed by atoms with Gasteiger partial charge in [0.25, 0.3) is 0 Å². The number of thiol groups is 1. The summed E-state index contributed by atoms with van der Waals surface area (Å²) in [6.07, 6.45) is 0. The molecule has 0 spiro atoms. The van der Waals surface area contributed by atoms with E-state index >= 15 is 0 Å². The van der Waals surface area contributed by atoms with Gasteiger partial charge in [-0.3, -0.25) is 0 Å². The highest BCUT2D eigenvalue weighted by molar-refractivity contribution is 7.72. The molecular formula is C8H6O6S. The third kappa shape index (κ3) is 2.53. The highest BCUT2D eigenvalue weighted by atomic mass is 32.2. The molecule has 0 aliphatic carbocycles. The molecule has 0 aliphatic rings. The Kier molecular flexibility index (Phi) is 3.05. The molecule has 7 heteroatoms. The van der Waals surface area contributed by atoms with Gasteiger partial charge in [-0.1, -0.05) is 0 Å². The molecule has 6 nitrogen and oxygen atoms in total. The van der Waals surface area contributed by atoms with Gasteiger partial charge in [0.15, 0.2) is 10.7 Å². The molecule has 0 saturated heterocycles. The lowest BCUT2D eigenvalue weighted by molar-refractivity contribution is 0.0696. The minimum Gasteiger partial charge on any atom is -0.478 e. The van der Waals surface area contributed by atoms with Gasteiger partial charge in [0.05, 0.1) is 16.0 Å². The predicted octanol–water partition coefficient (Wildman–Crippen LogP) is 0.0533. The van der Waals surface area contributed by atoms with Crippen molar-refractivity contribution in [1.82, 2.24) is 0 Å². The largest absolute Gasteiger partial charge is 0.478 e. The summed E-state index contributed by atoms with van der Waals surface area (Å²) >= 11 is 0. The van der Waals surface area contributed by atoms with Gasteiger partial charge in [-0.25, -0.2) is 18.0 Å². The van der Waals surface area contributed by atoms with Crippen LogP contribution in [0.5, 0.6) is 0 Å². The molecule has 0 heterocycles. The van der Waals surface area contributed by atoms with Crippen molar-refractivity contribution in [2.45, 2.75) is 4.90 Å². The summed E-state index contributed by atoms with van der Waals surface area (Å²) in [6.45, 7) is 0. The molecule has 0 aromatic heterocycles. The molecule has 0 radical (unpaired) electrons. The van der Waals surface area contributed by atoms with Crippen molar-refractivity contribution in [3.63, 3.8) is 0 Å². The van der Waals surface area contributed by atoms with Crippen molar-refractivity contribution < 1.29 is 28.2 Å². The highest BCUT2D eigenvalue weighted by Crippen LogP contribution is 2.12. The average Bonchev–Trinajstić information content (AvgIpc) is 2.16. The van der Waals surface area contributed by atoms with Crippen LogP contribution in [-0.2, 0) is 10.7 Å². The molecule has 0 fully saturated rings. The minimum absolute atomic E-state index is 0.331. The Morgan fingerprint density at radius 3 is 1.60 bits per heavy atom. The van der Waals surface area contributed by atoms with Gasteiger partial charge in [0.2, 0.25) is 0 Å². The smallest absolute Gasteiger partial charge is 0.335 e. The van der Waals surface area contributed by atoms with Gasteiger partial charge in [-0.05, 0) is 18.2 Å². The van der Waals surface area contributed by atoms with E-state index in [4.69, 9.17) is 10.2 Å². The van der Waals surface area contributed by atoms with Crippen LogP contribution < -0.4 is 0 Å². The number of carboxylic acids is 2. The second-order valence-corrected chi connectivity index (χ2v) is 3.67. The third-order valence-corrected chi connectivity index (χ3v) is 2.30. The number of hydrogen-bond donors (Lipinski definition) is 3. The number of hydrogen-bond acceptors (Lipinski definition) is 4. The first-order chi connectivity index (χ1) is 6.91. The number of carbonyl (C=O) groups is 2. The topological polar surface area (TPSA) is 109 Å². The maximum atomic E-state index is 10.6. The second-order valence-electron chi connectivity index (χ2n) is 2.64. The molecule has 1 rings (SSSR count). The van der Waals surface area contributed by atoms with E-state index in [0.29, 0.717) is 0 Å². The standard InChI is InChI=1S/C8H6O6S/c9-7(10)4-1-5(8(11)12)3-6(2-4)15(13)14/h1-3,15H,(H,9,10)(H,11,12). The Hall–Kier alpha value is -1.89. The van der Waals surface area contributed by atoms with Crippen molar-refractivity contribution in [3.8, 4) is 0 Å². The predicted molar refractivity (Wildman–Crippen MR) is 48.9 cm³/mol. The highest BCUT2D eigenvalue weighted by Gasteiger charge is 2.12. The summed E-state index contributed by atoms with van der Waals surface area (Å²) in [6, 6.07) is 2.70. The van der Waals surface area contributed by atoms with Crippen LogP contribution in [0.25, 0.3) is 0 Å². The molecule has 0 saturated carbocycles. The van der Waals surface area contributed by atoms with E-state index in [9.17, 15) is 18.0 Å². The fraction of sp³-hybridized carbons (Fsp3) is 0. The summed E-state index contributed by atoms with van der Waals surface area (Å²) in [7, 11) is -3.00. The Labute approximate surface area is 85.7 Å². The normalized spacial score (nSPS) is 10.2. The molecule has 0 bridgehead atoms. The number of aromatic carboxylic acids is 2. The number of benzene rings is 1. The summed E-state index contributed by atoms with van der Waals surface area (Å²) in [4.78, 5) is 20.8. The fourth-order valence-corrected chi connectivity index (χ4v) is 1.45. The molecule has 2 N–H and O–H groups in total. The lowest BCUT2D eigenvalue weighted by atomic mass is 10.1. The molecule has 0 aliphatic heterocycles. The monoisotopic (exact) mass is 230 g/mol. The van der Waals surface area contributed by atoms with Gasteiger partial charge in [0.1, 0.15) is 0 Å². The van der Waals surface area contributed by atoms with Crippen LogP contribution in [0.4, 0.5) is 0 Å². The van der Waals surface area contributed by atoms with Gasteiger partial charge < -0.3 is 10.2 Å². The van der Waals surface area contributed by atoms with E-state index in [0.717, 1.165) is 18.2 Å². The van der Waals surface area contributed by atoms with Crippen LogP contribution in [0.2, 0.25) is 0 Å². The summed E-state index contributed by atoms with van der Waals surface area (Å²) in [5, 5.41) is 17.2. The second kappa shape index (κ2) is 4.09. The van der Waals surface area contributed by atoms with Crippen LogP contribution in [0.15, 0.2) is 23.1 Å². The maximum absolute atomic E-state index is 10.6. The molecule has 0 unspecified atom stereocenters. The lowest BCUT2D eigenvalue weighted by Crippen LogP contribution is -2.03. The lowest BCUT2D eigenvalue weighted by Gasteiger charge is -1.99. The molecule has 0 amide bonds. The van der Waals surface area contributed by atoms with Gasteiger partial charge >= 0.3 is 11.9 Å². The van der Waals surface area contributed by atoms with Crippen LogP contribution >= 0.6 is 0 Å². The SMILES string of the molecule is O=C(O)c1cc(C(=O)O)cc([SH](=O)=O)c1. The Balaban J connectivity index is 3.45. The molecular weight excluding hydrogens is 224 g/mol. The zero-order chi connectivity index (χ0) is 11.6. The summed E-state index contributed by atoms with van der Waals surface area (Å²) in [5.74, 6) is -2.76. The molecule has 1 aromatic carbocycles. The first-order valence-corrected chi connectivity index (χ1v) is 4.85. The van der Waals surface area contributed by atoms with Crippen LogP contribution in [0.3, 0.4) is 0 Å². The van der Waals surface area contributed by atoms with Crippen LogP contribution in [0, 0.1) is 0 Å². The van der Waals surface area contributed by atoms with Crippen LogP contribution in [0.1, 0.15) is 20.7 Å². The van der Waals surface area contributed by atoms with E-state index in [1.54, 1.807) is 0 Å². The number of rotatable bonds is 3. The number of carboxylic acid groups (broad SMARTS) is 2. The van der Waals surface area contributed by atoms with Gasteiger partial charge in [-0.15, -0.1) is 0 Å². The Bertz CT molecular complexity index is 462. The minimum atomic E-state index is -3.00. The Morgan fingerprint density at radius 1 is 0.933 bits per heavy atom. The van der Waals surface area contributed by atoms with E-state index in [-0.39, 0.29) is 16.0 Å². The van der Waals surface area contributed by atoms with E-state index in [1.807, 2.05) is 0 Å². The van der Waals surface area contributed by atoms with Gasteiger partial charge in [0, 0.05) is 0 Å². The maximum Gasteiger partial charge on any atom is 0.335 e. The zero-order valence-corrected chi connectivity index (χ0v) is 8.10. The quantitative estimate of drug-likeness (QED) is 0.633. The first-order valence-electron chi connectivity index (χ1n) is 3.68. The third-order valence-electron chi connectivity index (χ3n) is 1.62. The van der Waals surface area contributed by atoms with Gasteiger partial charge in [-0.2, -0.15) is 0 Å². The molecule has 1 aromatic rings. The Morgan fingerprint density at radius 2 is 1.33 bits per heavy atom. The van der Waals surface area contributed by atoms with E-state index in [2.05, 4.69) is 0 Å². The zero-order valence-electron chi connectivity index (χ0n) is 7.21. The molecule has 15 heavy (non-hydrogen) atoms. The fourth-order valence-electron chi connectivity index (χ4n) is 0.964. The average molecular weight is 230 g/mol. The summed E-state index contributed by atoms with van der Waals surface area (Å²) in [5.41, 5.74) is -0.742. The van der Waals surface area contributed by atoms with Crippen molar-refractivity contribution in [2.24, 2.45) is 0 Å². The van der Waals surface area contributed by atoms with E-state index < -0.39 is 22.6 Å². The van der Waals surface area contributed by atoms with Crippen molar-refractivity contribution in [3.05, 3.63) is 29.3 Å². The molecule has 0 atom stereocenters. The molecule has 80 valence electrons. The van der Waals surface area contributed by atoms with Crippen LogP contribution in [-0.4, -0.2) is 30.6 Å². The first kappa shape index (κ1) is 11.2. The summed E-state index contributed by atoms with van der Waals surface area (Å²) < 4.78 is 21.2.